The van der Waals surface area contributed by atoms with Crippen LogP contribution in [0.25, 0.3) is 0 Å². The van der Waals surface area contributed by atoms with Crippen LogP contribution in [0, 0.1) is 40.4 Å². The van der Waals surface area contributed by atoms with Gasteiger partial charge in [0, 0.05) is 40.4 Å². The fraction of sp³-hybridized carbons (Fsp3) is 0. The average molecular weight is 688 g/mol. The summed E-state index contributed by atoms with van der Waals surface area (Å²) in [6.07, 6.45) is 0. The number of hydrogen-bond donors (Lipinski definition) is 0. The van der Waals surface area contributed by atoms with Gasteiger partial charge in [-0.2, -0.15) is 0 Å². The van der Waals surface area contributed by atoms with Crippen molar-refractivity contribution in [1.29, 1.82) is 0 Å². The van der Waals surface area contributed by atoms with Crippen molar-refractivity contribution in [3.63, 3.8) is 0 Å². The van der Waals surface area contributed by atoms with Crippen molar-refractivity contribution in [2.75, 3.05) is 0 Å². The van der Waals surface area contributed by atoms with Crippen LogP contribution >= 0.6 is 0 Å². The Morgan fingerprint density at radius 3 is 0.429 bits per heavy atom. The molecule has 0 aliphatic rings. The van der Waals surface area contributed by atoms with Crippen molar-refractivity contribution >= 4 is 0 Å². The molecular formula is H2I3O10Pm-3. The first-order valence-electron chi connectivity index (χ1n) is 1.39. The van der Waals surface area contributed by atoms with Gasteiger partial charge >= 0.3 is 0 Å². The van der Waals surface area contributed by atoms with Gasteiger partial charge in [0.2, 0.25) is 0 Å². The molecule has 0 saturated heterocycles. The monoisotopic (exact) mass is 688 g/mol. The summed E-state index contributed by atoms with van der Waals surface area (Å²) in [5.41, 5.74) is 0. The van der Waals surface area contributed by atoms with Gasteiger partial charge in [-0.05, 0) is 0 Å². The minimum absolute atomic E-state index is 0. The molecular weight excluding hydrogens is 686 g/mol. The van der Waals surface area contributed by atoms with Gasteiger partial charge in [0.25, 0.3) is 63.2 Å². The fourth-order valence-corrected chi connectivity index (χ4v) is 0. The zero-order chi connectivity index (χ0) is 10.7. The molecule has 0 atom stereocenters. The minimum Gasteiger partial charge on any atom is -0.427 e. The molecule has 0 unspecified atom stereocenters. The smallest absolute Gasteiger partial charge is 0.282 e. The molecule has 0 amide bonds. The largest absolute Gasteiger partial charge is 0.427 e. The topological polar surface area (TPSA) is 239 Å². The first-order chi connectivity index (χ1) is 5.20. The second-order valence-corrected chi connectivity index (χ2v) is 3.80. The summed E-state index contributed by atoms with van der Waals surface area (Å²) in [5.74, 6) is 0. The molecule has 0 aromatic rings. The molecule has 0 aromatic carbocycles. The summed E-state index contributed by atoms with van der Waals surface area (Å²) in [5, 5.41) is 0. The molecule has 0 fully saturated rings. The maximum atomic E-state index is 8.57. The van der Waals surface area contributed by atoms with Crippen LogP contribution < -0.4 is 94.1 Å². The number of halogens is 3. The Morgan fingerprint density at radius 2 is 0.429 bits per heavy atom. The number of rotatable bonds is 0. The van der Waals surface area contributed by atoms with Gasteiger partial charge in [-0.3, -0.25) is 0 Å². The molecule has 10 nitrogen and oxygen atoms in total. The summed E-state index contributed by atoms with van der Waals surface area (Å²) < 4.78 is 77.2. The second-order valence-electron chi connectivity index (χ2n) is 0.567. The molecule has 0 aliphatic heterocycles. The van der Waals surface area contributed by atoms with Gasteiger partial charge < -0.3 is 36.4 Å². The molecule has 0 spiro atoms. The molecule has 14 heavy (non-hydrogen) atoms. The Labute approximate surface area is 137 Å². The van der Waals surface area contributed by atoms with E-state index < -0.39 is 63.2 Å². The van der Waals surface area contributed by atoms with Gasteiger partial charge in [-0.1, -0.05) is 0 Å². The van der Waals surface area contributed by atoms with E-state index in [1.165, 1.54) is 0 Å². The summed E-state index contributed by atoms with van der Waals surface area (Å²) in [6.45, 7) is 0. The fourth-order valence-electron chi connectivity index (χ4n) is 0. The van der Waals surface area contributed by atoms with E-state index in [9.17, 15) is 0 Å². The Kier molecular flexibility index (Phi) is 54.3. The van der Waals surface area contributed by atoms with Crippen LogP contribution in [0.5, 0.6) is 0 Å². The van der Waals surface area contributed by atoms with Gasteiger partial charge in [-0.25, -0.2) is 0 Å². The van der Waals surface area contributed by atoms with Crippen molar-refractivity contribution in [1.82, 2.24) is 0 Å². The first kappa shape index (κ1) is 30.3. The van der Waals surface area contributed by atoms with E-state index in [1.807, 2.05) is 0 Å². The molecule has 0 aliphatic carbocycles. The van der Waals surface area contributed by atoms with Crippen LogP contribution in [0.3, 0.4) is 0 Å². The van der Waals surface area contributed by atoms with Crippen molar-refractivity contribution in [2.24, 2.45) is 0 Å². The number of hydrogen-bond acceptors (Lipinski definition) is 9. The van der Waals surface area contributed by atoms with Crippen LogP contribution in [0.2, 0.25) is 0 Å². The van der Waals surface area contributed by atoms with E-state index in [4.69, 9.17) is 30.9 Å². The third-order valence-corrected chi connectivity index (χ3v) is 0. The van der Waals surface area contributed by atoms with E-state index in [0.29, 0.717) is 0 Å². The van der Waals surface area contributed by atoms with Gasteiger partial charge in [0.1, 0.15) is 0 Å². The molecule has 1 radical (unpaired) electrons. The van der Waals surface area contributed by atoms with E-state index in [-0.39, 0.29) is 45.9 Å². The zero-order valence-electron chi connectivity index (χ0n) is 5.76. The van der Waals surface area contributed by atoms with E-state index in [0.717, 1.165) is 0 Å². The third-order valence-electron chi connectivity index (χ3n) is 0. The molecule has 14 heteroatoms. The maximum absolute atomic E-state index is 8.57. The normalized spacial score (nSPS) is 7.71. The second kappa shape index (κ2) is 25.1. The predicted octanol–water partition coefficient (Wildman–Crippen LogP) is -20.5. The Balaban J connectivity index is -0.0000000270. The SMILES string of the molecule is O.[O-][I+2]([O-])[O-].[O-][I+2]([O-])[O-].[O-][I+2]([O-])[O-].[Pm]. The minimum atomic E-state index is -4.01. The molecule has 0 bridgehead atoms. The van der Waals surface area contributed by atoms with Gasteiger partial charge in [-0.15, -0.1) is 0 Å². The van der Waals surface area contributed by atoms with Crippen LogP contribution in [0.1, 0.15) is 0 Å². The Morgan fingerprint density at radius 1 is 0.429 bits per heavy atom. The molecule has 91 valence electrons. The van der Waals surface area contributed by atoms with Gasteiger partial charge in [0.05, 0.1) is 0 Å². The maximum Gasteiger partial charge on any atom is 0.282 e. The van der Waals surface area contributed by atoms with Gasteiger partial charge in [0.15, 0.2) is 0 Å². The van der Waals surface area contributed by atoms with E-state index in [1.54, 1.807) is 0 Å². The quantitative estimate of drug-likeness (QED) is 0.219. The van der Waals surface area contributed by atoms with E-state index in [2.05, 4.69) is 0 Å². The molecule has 2 N–H and O–H groups in total. The van der Waals surface area contributed by atoms with Crippen LogP contribution in [-0.2, 0) is 0 Å². The van der Waals surface area contributed by atoms with Crippen molar-refractivity contribution in [2.45, 2.75) is 0 Å². The molecule has 0 rings (SSSR count). The molecule has 0 aromatic heterocycles. The van der Waals surface area contributed by atoms with Crippen molar-refractivity contribution in [3.05, 3.63) is 0 Å². The Hall–Kier alpha value is 3.13. The van der Waals surface area contributed by atoms with E-state index >= 15 is 0 Å². The zero-order valence-corrected chi connectivity index (χ0v) is 15.1. The average Bonchev–Trinajstić information content (AvgIpc) is 1.54. The summed E-state index contributed by atoms with van der Waals surface area (Å²) in [7, 11) is 0. The third kappa shape index (κ3) is 309. The Bertz CT molecular complexity index is 43.9. The summed E-state index contributed by atoms with van der Waals surface area (Å²) >= 11 is -12.0. The first-order valence-corrected chi connectivity index (χ1v) is 9.32. The molecule has 0 heterocycles. The van der Waals surface area contributed by atoms with Crippen LogP contribution in [-0.4, -0.2) is 5.48 Å². The van der Waals surface area contributed by atoms with Crippen molar-refractivity contribution in [3.8, 4) is 0 Å². The predicted molar refractivity (Wildman–Crippen MR) is 3.61 cm³/mol. The standard InChI is InChI=1S/3IO3.H2O.Pm/c3*2-1(3)4;;/h;;;1H2;/q3*-1;;. The van der Waals surface area contributed by atoms with Crippen LogP contribution in [0.4, 0.5) is 0 Å². The van der Waals surface area contributed by atoms with Crippen LogP contribution in [0.15, 0.2) is 0 Å². The molecule has 0 saturated carbocycles. The van der Waals surface area contributed by atoms with Crippen molar-refractivity contribution < 1.29 is 140 Å². The summed E-state index contributed by atoms with van der Waals surface area (Å²) in [6, 6.07) is 0. The summed E-state index contributed by atoms with van der Waals surface area (Å²) in [4.78, 5) is 0.